The average molecular weight is 274 g/mol. The second-order valence-electron chi connectivity index (χ2n) is 3.78. The first kappa shape index (κ1) is 13.4. The number of anilines is 1. The van der Waals surface area contributed by atoms with Gasteiger partial charge in [-0.3, -0.25) is 9.78 Å². The van der Waals surface area contributed by atoms with E-state index >= 15 is 0 Å². The van der Waals surface area contributed by atoms with Crippen molar-refractivity contribution >= 4 is 23.4 Å². The molecule has 0 saturated carbocycles. The molecule has 0 aliphatic heterocycles. The summed E-state index contributed by atoms with van der Waals surface area (Å²) in [6.45, 7) is 2.05. The van der Waals surface area contributed by atoms with Crippen molar-refractivity contribution in [3.63, 3.8) is 0 Å². The van der Waals surface area contributed by atoms with Crippen molar-refractivity contribution < 1.29 is 9.90 Å². The van der Waals surface area contributed by atoms with Crippen LogP contribution in [-0.2, 0) is 0 Å². The van der Waals surface area contributed by atoms with Crippen molar-refractivity contribution in [3.8, 4) is 5.75 Å². The van der Waals surface area contributed by atoms with Gasteiger partial charge in [0.25, 0.3) is 5.91 Å². The summed E-state index contributed by atoms with van der Waals surface area (Å²) in [5.41, 5.74) is 0.713. The van der Waals surface area contributed by atoms with Crippen molar-refractivity contribution in [2.24, 2.45) is 0 Å². The molecular formula is C14H14N2O2S. The number of carbonyl (C=O) groups is 1. The summed E-state index contributed by atoms with van der Waals surface area (Å²) < 4.78 is 0. The van der Waals surface area contributed by atoms with Crippen molar-refractivity contribution in [2.45, 2.75) is 11.8 Å². The van der Waals surface area contributed by atoms with E-state index in [9.17, 15) is 9.90 Å². The van der Waals surface area contributed by atoms with Crippen LogP contribution in [0.3, 0.4) is 0 Å². The zero-order chi connectivity index (χ0) is 13.7. The highest BCUT2D eigenvalue weighted by molar-refractivity contribution is 7.99. The van der Waals surface area contributed by atoms with E-state index in [0.717, 1.165) is 10.6 Å². The van der Waals surface area contributed by atoms with Gasteiger partial charge in [0.2, 0.25) is 0 Å². The van der Waals surface area contributed by atoms with E-state index < -0.39 is 0 Å². The van der Waals surface area contributed by atoms with Gasteiger partial charge in [0.15, 0.2) is 0 Å². The number of aromatic nitrogens is 1. The van der Waals surface area contributed by atoms with Gasteiger partial charge in [-0.1, -0.05) is 13.0 Å². The maximum atomic E-state index is 11.9. The molecule has 19 heavy (non-hydrogen) atoms. The second-order valence-corrected chi connectivity index (χ2v) is 5.12. The first-order chi connectivity index (χ1) is 9.20. The molecule has 0 bridgehead atoms. The largest absolute Gasteiger partial charge is 0.506 e. The summed E-state index contributed by atoms with van der Waals surface area (Å²) in [5, 5.41) is 12.4. The highest BCUT2D eigenvalue weighted by Crippen LogP contribution is 2.29. The normalized spacial score (nSPS) is 10.2. The maximum Gasteiger partial charge on any atom is 0.274 e. The fraction of sp³-hybridized carbons (Fsp3) is 0.143. The van der Waals surface area contributed by atoms with Crippen LogP contribution < -0.4 is 5.32 Å². The van der Waals surface area contributed by atoms with Crippen LogP contribution >= 0.6 is 11.8 Å². The minimum Gasteiger partial charge on any atom is -0.506 e. The summed E-state index contributed by atoms with van der Waals surface area (Å²) in [4.78, 5) is 16.9. The smallest absolute Gasteiger partial charge is 0.274 e. The van der Waals surface area contributed by atoms with E-state index in [2.05, 4.69) is 10.3 Å². The molecule has 1 heterocycles. The second kappa shape index (κ2) is 6.24. The van der Waals surface area contributed by atoms with E-state index in [1.54, 1.807) is 48.3 Å². The van der Waals surface area contributed by atoms with Crippen molar-refractivity contribution in [1.82, 2.24) is 4.98 Å². The number of hydrogen-bond donors (Lipinski definition) is 2. The van der Waals surface area contributed by atoms with Gasteiger partial charge in [-0.05, 0) is 36.1 Å². The molecule has 98 valence electrons. The molecule has 0 atom stereocenters. The summed E-state index contributed by atoms with van der Waals surface area (Å²) >= 11 is 1.64. The number of nitrogens with one attached hydrogen (secondary N) is 1. The quantitative estimate of drug-likeness (QED) is 0.664. The molecule has 0 fully saturated rings. The molecule has 1 aromatic heterocycles. The fourth-order valence-corrected chi connectivity index (χ4v) is 2.25. The molecule has 2 aromatic rings. The van der Waals surface area contributed by atoms with Crippen LogP contribution in [0.2, 0.25) is 0 Å². The van der Waals surface area contributed by atoms with Gasteiger partial charge in [0.1, 0.15) is 11.4 Å². The summed E-state index contributed by atoms with van der Waals surface area (Å²) in [5.74, 6) is 0.637. The molecule has 0 radical (unpaired) electrons. The fourth-order valence-electron chi connectivity index (χ4n) is 1.56. The number of rotatable bonds is 4. The lowest BCUT2D eigenvalue weighted by atomic mass is 10.2. The molecule has 1 amide bonds. The van der Waals surface area contributed by atoms with Crippen molar-refractivity contribution in [2.75, 3.05) is 11.1 Å². The third kappa shape index (κ3) is 3.48. The zero-order valence-electron chi connectivity index (χ0n) is 10.5. The molecule has 4 nitrogen and oxygen atoms in total. The first-order valence-corrected chi connectivity index (χ1v) is 6.87. The SMILES string of the molecule is CCSc1ccc(O)c(NC(=O)c2ccccn2)c1. The molecule has 0 spiro atoms. The molecule has 0 aliphatic carbocycles. The van der Waals surface area contributed by atoms with Gasteiger partial charge in [-0.15, -0.1) is 11.8 Å². The molecule has 5 heteroatoms. The van der Waals surface area contributed by atoms with Gasteiger partial charge in [-0.25, -0.2) is 0 Å². The van der Waals surface area contributed by atoms with Gasteiger partial charge >= 0.3 is 0 Å². The van der Waals surface area contributed by atoms with Gasteiger partial charge < -0.3 is 10.4 Å². The summed E-state index contributed by atoms with van der Waals surface area (Å²) in [7, 11) is 0. The molecule has 2 N–H and O–H groups in total. The van der Waals surface area contributed by atoms with Crippen molar-refractivity contribution in [1.29, 1.82) is 0 Å². The predicted octanol–water partition coefficient (Wildman–Crippen LogP) is 3.15. The van der Waals surface area contributed by atoms with E-state index in [-0.39, 0.29) is 11.7 Å². The lowest BCUT2D eigenvalue weighted by molar-refractivity contribution is 0.102. The summed E-state index contributed by atoms with van der Waals surface area (Å²) in [6.07, 6.45) is 1.55. The van der Waals surface area contributed by atoms with E-state index in [0.29, 0.717) is 11.4 Å². The molecular weight excluding hydrogens is 260 g/mol. The maximum absolute atomic E-state index is 11.9. The number of aromatic hydroxyl groups is 1. The number of carbonyl (C=O) groups excluding carboxylic acids is 1. The van der Waals surface area contributed by atoms with E-state index in [1.165, 1.54) is 0 Å². The number of amides is 1. The van der Waals surface area contributed by atoms with Crippen LogP contribution in [0.1, 0.15) is 17.4 Å². The van der Waals surface area contributed by atoms with E-state index in [4.69, 9.17) is 0 Å². The Hall–Kier alpha value is -2.01. The molecule has 0 aliphatic rings. The Morgan fingerprint density at radius 2 is 2.21 bits per heavy atom. The molecule has 2 rings (SSSR count). The minimum atomic E-state index is -0.338. The Morgan fingerprint density at radius 3 is 2.89 bits per heavy atom. The third-order valence-corrected chi connectivity index (χ3v) is 3.30. The number of nitrogens with zero attached hydrogens (tertiary/aromatic N) is 1. The Labute approximate surface area is 115 Å². The highest BCUT2D eigenvalue weighted by Gasteiger charge is 2.10. The van der Waals surface area contributed by atoms with Crippen LogP contribution in [0.15, 0.2) is 47.5 Å². The van der Waals surface area contributed by atoms with E-state index in [1.807, 2.05) is 13.0 Å². The number of pyridine rings is 1. The Bertz CT molecular complexity index is 573. The highest BCUT2D eigenvalue weighted by atomic mass is 32.2. The minimum absolute atomic E-state index is 0.0461. The monoisotopic (exact) mass is 274 g/mol. The number of phenols is 1. The number of benzene rings is 1. The summed E-state index contributed by atoms with van der Waals surface area (Å²) in [6, 6.07) is 10.3. The predicted molar refractivity (Wildman–Crippen MR) is 76.7 cm³/mol. The van der Waals surface area contributed by atoms with Crippen molar-refractivity contribution in [3.05, 3.63) is 48.3 Å². The topological polar surface area (TPSA) is 62.2 Å². The molecule has 1 aromatic carbocycles. The first-order valence-electron chi connectivity index (χ1n) is 5.89. The van der Waals surface area contributed by atoms with Gasteiger partial charge in [-0.2, -0.15) is 0 Å². The lowest BCUT2D eigenvalue weighted by Crippen LogP contribution is -2.13. The third-order valence-electron chi connectivity index (χ3n) is 2.42. The standard InChI is InChI=1S/C14H14N2O2S/c1-2-19-10-6-7-13(17)12(9-10)16-14(18)11-5-3-4-8-15-11/h3-9,17H,2H2,1H3,(H,16,18). The van der Waals surface area contributed by atoms with Crippen LogP contribution in [-0.4, -0.2) is 21.8 Å². The number of hydrogen-bond acceptors (Lipinski definition) is 4. The van der Waals surface area contributed by atoms with Crippen LogP contribution in [0, 0.1) is 0 Å². The lowest BCUT2D eigenvalue weighted by Gasteiger charge is -2.08. The Balaban J connectivity index is 2.18. The van der Waals surface area contributed by atoms with Crippen LogP contribution in [0.4, 0.5) is 5.69 Å². The average Bonchev–Trinajstić information content (AvgIpc) is 2.44. The number of thioether (sulfide) groups is 1. The Morgan fingerprint density at radius 1 is 1.37 bits per heavy atom. The molecule has 0 saturated heterocycles. The van der Waals surface area contributed by atoms with Gasteiger partial charge in [0.05, 0.1) is 5.69 Å². The zero-order valence-corrected chi connectivity index (χ0v) is 11.3. The number of phenolic OH excluding ortho intramolecular Hbond substituents is 1. The van der Waals surface area contributed by atoms with Gasteiger partial charge in [0, 0.05) is 11.1 Å². The van der Waals surface area contributed by atoms with Crippen LogP contribution in [0.5, 0.6) is 5.75 Å². The molecule has 0 unspecified atom stereocenters. The van der Waals surface area contributed by atoms with Crippen LogP contribution in [0.25, 0.3) is 0 Å². The Kier molecular flexibility index (Phi) is 4.41.